The van der Waals surface area contributed by atoms with Crippen LogP contribution in [0.4, 0.5) is 4.79 Å². The van der Waals surface area contributed by atoms with Crippen molar-refractivity contribution >= 4 is 6.09 Å². The van der Waals surface area contributed by atoms with E-state index in [1.165, 1.54) is 19.3 Å². The monoisotopic (exact) mass is 298 g/mol. The van der Waals surface area contributed by atoms with Gasteiger partial charge in [-0.15, -0.1) is 0 Å². The van der Waals surface area contributed by atoms with Gasteiger partial charge in [-0.05, 0) is 60.3 Å². The lowest BCUT2D eigenvalue weighted by Crippen LogP contribution is -2.51. The Bertz CT molecular complexity index is 342. The highest BCUT2D eigenvalue weighted by molar-refractivity contribution is 5.69. The molecule has 0 aromatic carbocycles. The lowest BCUT2D eigenvalue weighted by Gasteiger charge is -2.37. The fourth-order valence-electron chi connectivity index (χ4n) is 2.83. The van der Waals surface area contributed by atoms with Crippen molar-refractivity contribution in [2.75, 3.05) is 13.1 Å². The molecular formula is C17H34N2O2. The second kappa shape index (κ2) is 6.99. The zero-order valence-electron chi connectivity index (χ0n) is 15.0. The average molecular weight is 298 g/mol. The summed E-state index contributed by atoms with van der Waals surface area (Å²) < 4.78 is 5.53. The summed E-state index contributed by atoms with van der Waals surface area (Å²) in [5.74, 6) is 0.745. The van der Waals surface area contributed by atoms with E-state index in [-0.39, 0.29) is 11.6 Å². The van der Waals surface area contributed by atoms with Crippen LogP contribution >= 0.6 is 0 Å². The molecule has 2 unspecified atom stereocenters. The maximum Gasteiger partial charge on any atom is 0.410 e. The Hall–Kier alpha value is -0.770. The van der Waals surface area contributed by atoms with E-state index in [0.29, 0.717) is 12.6 Å². The van der Waals surface area contributed by atoms with E-state index >= 15 is 0 Å². The predicted molar refractivity (Wildman–Crippen MR) is 87.5 cm³/mol. The molecule has 1 N–H and O–H groups in total. The van der Waals surface area contributed by atoms with Crippen molar-refractivity contribution in [3.05, 3.63) is 0 Å². The SMILES string of the molecule is CC1CCCC1NCCN(C(=O)OC(C)(C)C)C(C)(C)C. The number of nitrogens with zero attached hydrogens (tertiary/aromatic N) is 1. The van der Waals surface area contributed by atoms with E-state index in [1.807, 2.05) is 25.7 Å². The van der Waals surface area contributed by atoms with Crippen molar-refractivity contribution in [3.63, 3.8) is 0 Å². The first-order valence-electron chi connectivity index (χ1n) is 8.25. The normalized spacial score (nSPS) is 23.2. The molecule has 0 saturated heterocycles. The van der Waals surface area contributed by atoms with Crippen LogP contribution in [-0.4, -0.2) is 41.3 Å². The van der Waals surface area contributed by atoms with Gasteiger partial charge in [-0.25, -0.2) is 4.79 Å². The number of carbonyl (C=O) groups is 1. The summed E-state index contributed by atoms with van der Waals surface area (Å²) in [6.07, 6.45) is 3.65. The van der Waals surface area contributed by atoms with Crippen LogP contribution in [0.1, 0.15) is 67.7 Å². The first-order chi connectivity index (χ1) is 9.50. The zero-order chi connectivity index (χ0) is 16.3. The standard InChI is InChI=1S/C17H34N2O2/c1-13-9-8-10-14(13)18-11-12-19(16(2,3)4)15(20)21-17(5,6)7/h13-14,18H,8-12H2,1-7H3. The summed E-state index contributed by atoms with van der Waals surface area (Å²) in [7, 11) is 0. The molecule has 0 aromatic heterocycles. The predicted octanol–water partition coefficient (Wildman–Crippen LogP) is 3.80. The maximum absolute atomic E-state index is 12.4. The highest BCUT2D eigenvalue weighted by Crippen LogP contribution is 2.24. The summed E-state index contributed by atoms with van der Waals surface area (Å²) in [4.78, 5) is 14.2. The zero-order valence-corrected chi connectivity index (χ0v) is 15.0. The molecule has 0 radical (unpaired) electrons. The van der Waals surface area contributed by atoms with Gasteiger partial charge in [-0.1, -0.05) is 13.3 Å². The molecule has 0 aliphatic heterocycles. The van der Waals surface area contributed by atoms with Gasteiger partial charge in [-0.2, -0.15) is 0 Å². The lowest BCUT2D eigenvalue weighted by atomic mass is 10.1. The number of ether oxygens (including phenoxy) is 1. The van der Waals surface area contributed by atoms with Gasteiger partial charge in [0.25, 0.3) is 0 Å². The minimum atomic E-state index is -0.450. The Kier molecular flexibility index (Phi) is 6.09. The van der Waals surface area contributed by atoms with Gasteiger partial charge in [0, 0.05) is 24.7 Å². The van der Waals surface area contributed by atoms with E-state index in [2.05, 4.69) is 33.0 Å². The second-order valence-electron chi connectivity index (χ2n) is 8.27. The number of rotatable bonds is 4. The largest absolute Gasteiger partial charge is 0.444 e. The third-order valence-corrected chi connectivity index (χ3v) is 4.03. The Balaban J connectivity index is 2.53. The molecule has 0 heterocycles. The van der Waals surface area contributed by atoms with Crippen molar-refractivity contribution in [2.24, 2.45) is 5.92 Å². The molecule has 4 nitrogen and oxygen atoms in total. The highest BCUT2D eigenvalue weighted by Gasteiger charge is 2.31. The fourth-order valence-corrected chi connectivity index (χ4v) is 2.83. The molecule has 0 aromatic rings. The molecule has 1 amide bonds. The van der Waals surface area contributed by atoms with Crippen molar-refractivity contribution in [3.8, 4) is 0 Å². The number of hydrogen-bond acceptors (Lipinski definition) is 3. The fraction of sp³-hybridized carbons (Fsp3) is 0.941. The van der Waals surface area contributed by atoms with Crippen LogP contribution in [-0.2, 0) is 4.74 Å². The second-order valence-corrected chi connectivity index (χ2v) is 8.27. The number of carbonyl (C=O) groups excluding carboxylic acids is 1. The molecule has 0 spiro atoms. The topological polar surface area (TPSA) is 41.6 Å². The lowest BCUT2D eigenvalue weighted by molar-refractivity contribution is 0.00641. The minimum absolute atomic E-state index is 0.226. The van der Waals surface area contributed by atoms with Crippen LogP contribution in [0.2, 0.25) is 0 Å². The van der Waals surface area contributed by atoms with E-state index in [1.54, 1.807) is 0 Å². The van der Waals surface area contributed by atoms with Gasteiger partial charge in [0.15, 0.2) is 0 Å². The molecule has 1 rings (SSSR count). The van der Waals surface area contributed by atoms with E-state index in [9.17, 15) is 4.79 Å². The summed E-state index contributed by atoms with van der Waals surface area (Å²) in [5, 5.41) is 3.60. The molecule has 1 aliphatic rings. The first kappa shape index (κ1) is 18.3. The number of nitrogens with one attached hydrogen (secondary N) is 1. The molecule has 1 aliphatic carbocycles. The Morgan fingerprint density at radius 3 is 2.24 bits per heavy atom. The molecule has 1 fully saturated rings. The summed E-state index contributed by atoms with van der Waals surface area (Å²) >= 11 is 0. The Morgan fingerprint density at radius 1 is 1.19 bits per heavy atom. The van der Waals surface area contributed by atoms with Crippen LogP contribution in [0.15, 0.2) is 0 Å². The highest BCUT2D eigenvalue weighted by atomic mass is 16.6. The van der Waals surface area contributed by atoms with Crippen molar-refractivity contribution < 1.29 is 9.53 Å². The van der Waals surface area contributed by atoms with Crippen molar-refractivity contribution in [2.45, 2.75) is 84.9 Å². The van der Waals surface area contributed by atoms with E-state index < -0.39 is 5.60 Å². The number of amides is 1. The average Bonchev–Trinajstić information content (AvgIpc) is 2.66. The minimum Gasteiger partial charge on any atom is -0.444 e. The van der Waals surface area contributed by atoms with E-state index in [4.69, 9.17) is 4.74 Å². The van der Waals surface area contributed by atoms with Gasteiger partial charge >= 0.3 is 6.09 Å². The Labute approximate surface area is 130 Å². The van der Waals surface area contributed by atoms with Crippen LogP contribution in [0.3, 0.4) is 0 Å². The van der Waals surface area contributed by atoms with Crippen molar-refractivity contribution in [1.82, 2.24) is 10.2 Å². The summed E-state index contributed by atoms with van der Waals surface area (Å²) in [6, 6.07) is 0.602. The van der Waals surface area contributed by atoms with Crippen molar-refractivity contribution in [1.29, 1.82) is 0 Å². The van der Waals surface area contributed by atoms with Crippen LogP contribution < -0.4 is 5.32 Å². The van der Waals surface area contributed by atoms with E-state index in [0.717, 1.165) is 12.5 Å². The molecule has 21 heavy (non-hydrogen) atoms. The quantitative estimate of drug-likeness (QED) is 0.858. The molecule has 0 bridgehead atoms. The van der Waals surface area contributed by atoms with Gasteiger partial charge in [0.05, 0.1) is 0 Å². The Morgan fingerprint density at radius 2 is 1.81 bits per heavy atom. The van der Waals surface area contributed by atoms with Gasteiger partial charge < -0.3 is 15.0 Å². The maximum atomic E-state index is 12.4. The third kappa shape index (κ3) is 6.25. The third-order valence-electron chi connectivity index (χ3n) is 4.03. The molecule has 1 saturated carbocycles. The summed E-state index contributed by atoms with van der Waals surface area (Å²) in [6.45, 7) is 15.7. The molecule has 124 valence electrons. The van der Waals surface area contributed by atoms with Crippen LogP contribution in [0, 0.1) is 5.92 Å². The molecular weight excluding hydrogens is 264 g/mol. The summed E-state index contributed by atoms with van der Waals surface area (Å²) in [5.41, 5.74) is -0.681. The molecule has 2 atom stereocenters. The number of hydrogen-bond donors (Lipinski definition) is 1. The van der Waals surface area contributed by atoms with Gasteiger partial charge in [0.1, 0.15) is 5.60 Å². The first-order valence-corrected chi connectivity index (χ1v) is 8.25. The van der Waals surface area contributed by atoms with Gasteiger partial charge in [0.2, 0.25) is 0 Å². The molecule has 4 heteroatoms. The van der Waals surface area contributed by atoms with Crippen LogP contribution in [0.5, 0.6) is 0 Å². The smallest absolute Gasteiger partial charge is 0.410 e. The van der Waals surface area contributed by atoms with Crippen LogP contribution in [0.25, 0.3) is 0 Å². The van der Waals surface area contributed by atoms with Gasteiger partial charge in [-0.3, -0.25) is 0 Å².